The first-order valence-electron chi connectivity index (χ1n) is 9.54. The van der Waals surface area contributed by atoms with Gasteiger partial charge in [-0.1, -0.05) is 18.2 Å². The fraction of sp³-hybridized carbons (Fsp3) is 0.333. The molecule has 1 fully saturated rings. The van der Waals surface area contributed by atoms with Crippen molar-refractivity contribution in [1.29, 1.82) is 5.26 Å². The van der Waals surface area contributed by atoms with Gasteiger partial charge in [0.25, 0.3) is 5.91 Å². The van der Waals surface area contributed by atoms with Crippen molar-refractivity contribution in [3.8, 4) is 6.07 Å². The molecule has 1 saturated heterocycles. The molecule has 8 heteroatoms. The highest BCUT2D eigenvalue weighted by molar-refractivity contribution is 7.89. The Morgan fingerprint density at radius 3 is 2.55 bits per heavy atom. The molecule has 0 aromatic heterocycles. The molecule has 0 spiro atoms. The van der Waals surface area contributed by atoms with Crippen LogP contribution in [0.3, 0.4) is 0 Å². The Morgan fingerprint density at radius 1 is 1.14 bits per heavy atom. The van der Waals surface area contributed by atoms with Gasteiger partial charge in [0.2, 0.25) is 10.0 Å². The molecule has 3 rings (SSSR count). The number of nitrogens with zero attached hydrogens (tertiary/aromatic N) is 2. The first-order chi connectivity index (χ1) is 14.0. The molecular weight excluding hydrogens is 388 g/mol. The second kappa shape index (κ2) is 9.54. The lowest BCUT2D eigenvalue weighted by Crippen LogP contribution is -2.31. The Bertz CT molecular complexity index is 969. The molecule has 1 amide bonds. The van der Waals surface area contributed by atoms with Gasteiger partial charge in [-0.2, -0.15) is 5.26 Å². The molecular formula is C21H24N4O3S. The van der Waals surface area contributed by atoms with Crippen molar-refractivity contribution >= 4 is 21.6 Å². The molecule has 2 N–H and O–H groups in total. The summed E-state index contributed by atoms with van der Waals surface area (Å²) in [4.78, 5) is 14.8. The average Bonchev–Trinajstić information content (AvgIpc) is 3.22. The summed E-state index contributed by atoms with van der Waals surface area (Å²) in [5.74, 6) is 0.160. The second-order valence-electron chi connectivity index (χ2n) is 6.98. The zero-order chi connectivity index (χ0) is 20.7. The van der Waals surface area contributed by atoms with E-state index in [0.29, 0.717) is 18.0 Å². The Labute approximate surface area is 171 Å². The standard InChI is InChI=1S/C21H24N4O3S/c22-12-4-13-24-29(27,28)20-9-7-18(8-10-20)21(26)23-15-17-11-14-25(16-17)19-5-2-1-3-6-19/h1-3,5-10,17,24H,4,11,13-16H2,(H,23,26). The third kappa shape index (κ3) is 5.56. The molecule has 1 unspecified atom stereocenters. The van der Waals surface area contributed by atoms with Crippen LogP contribution in [0.1, 0.15) is 23.2 Å². The number of hydrogen-bond donors (Lipinski definition) is 2. The molecule has 152 valence electrons. The van der Waals surface area contributed by atoms with Crippen LogP contribution in [-0.4, -0.2) is 40.5 Å². The van der Waals surface area contributed by atoms with Gasteiger partial charge in [-0.25, -0.2) is 13.1 Å². The van der Waals surface area contributed by atoms with Crippen molar-refractivity contribution < 1.29 is 13.2 Å². The number of rotatable bonds is 8. The van der Waals surface area contributed by atoms with E-state index in [2.05, 4.69) is 27.1 Å². The monoisotopic (exact) mass is 412 g/mol. The van der Waals surface area contributed by atoms with E-state index in [1.165, 1.54) is 30.0 Å². The predicted octanol–water partition coefficient (Wildman–Crippen LogP) is 2.13. The van der Waals surface area contributed by atoms with Gasteiger partial charge in [0, 0.05) is 43.9 Å². The van der Waals surface area contributed by atoms with Crippen molar-refractivity contribution in [3.05, 3.63) is 60.2 Å². The maximum absolute atomic E-state index is 12.4. The molecule has 0 saturated carbocycles. The van der Waals surface area contributed by atoms with Crippen LogP contribution in [0.4, 0.5) is 5.69 Å². The molecule has 1 aliphatic rings. The molecule has 1 aliphatic heterocycles. The number of nitrogens with one attached hydrogen (secondary N) is 2. The zero-order valence-electron chi connectivity index (χ0n) is 16.0. The maximum atomic E-state index is 12.4. The van der Waals surface area contributed by atoms with Crippen LogP contribution in [0, 0.1) is 17.2 Å². The summed E-state index contributed by atoms with van der Waals surface area (Å²) in [5.41, 5.74) is 1.61. The molecule has 0 radical (unpaired) electrons. The van der Waals surface area contributed by atoms with Gasteiger partial charge in [-0.05, 0) is 48.7 Å². The minimum atomic E-state index is -3.67. The minimum Gasteiger partial charge on any atom is -0.371 e. The lowest BCUT2D eigenvalue weighted by molar-refractivity contribution is 0.0948. The number of carbonyl (C=O) groups is 1. The fourth-order valence-electron chi connectivity index (χ4n) is 3.32. The van der Waals surface area contributed by atoms with E-state index < -0.39 is 10.0 Å². The molecule has 2 aromatic rings. The number of hydrogen-bond acceptors (Lipinski definition) is 5. The molecule has 29 heavy (non-hydrogen) atoms. The van der Waals surface area contributed by atoms with Crippen LogP contribution in [0.2, 0.25) is 0 Å². The van der Waals surface area contributed by atoms with Gasteiger partial charge in [0.05, 0.1) is 11.0 Å². The van der Waals surface area contributed by atoms with E-state index in [0.717, 1.165) is 19.5 Å². The summed E-state index contributed by atoms with van der Waals surface area (Å²) in [6.07, 6.45) is 1.11. The van der Waals surface area contributed by atoms with Crippen LogP contribution in [-0.2, 0) is 10.0 Å². The van der Waals surface area contributed by atoms with E-state index in [4.69, 9.17) is 5.26 Å². The number of para-hydroxylation sites is 1. The Morgan fingerprint density at radius 2 is 1.86 bits per heavy atom. The predicted molar refractivity (Wildman–Crippen MR) is 111 cm³/mol. The van der Waals surface area contributed by atoms with Crippen molar-refractivity contribution in [2.75, 3.05) is 31.1 Å². The van der Waals surface area contributed by atoms with E-state index in [-0.39, 0.29) is 23.8 Å². The lowest BCUT2D eigenvalue weighted by Gasteiger charge is -2.18. The topological polar surface area (TPSA) is 102 Å². The summed E-state index contributed by atoms with van der Waals surface area (Å²) in [6.45, 7) is 2.51. The van der Waals surface area contributed by atoms with Gasteiger partial charge >= 0.3 is 0 Å². The van der Waals surface area contributed by atoms with E-state index in [1.54, 1.807) is 0 Å². The van der Waals surface area contributed by atoms with Crippen LogP contribution in [0.15, 0.2) is 59.5 Å². The number of benzene rings is 2. The number of sulfonamides is 1. The molecule has 0 aliphatic carbocycles. The Hall–Kier alpha value is -2.89. The van der Waals surface area contributed by atoms with Gasteiger partial charge in [-0.15, -0.1) is 0 Å². The minimum absolute atomic E-state index is 0.0580. The Balaban J connectivity index is 1.51. The van der Waals surface area contributed by atoms with E-state index in [9.17, 15) is 13.2 Å². The highest BCUT2D eigenvalue weighted by atomic mass is 32.2. The number of amides is 1. The summed E-state index contributed by atoms with van der Waals surface area (Å²) in [6, 6.07) is 17.9. The second-order valence-corrected chi connectivity index (χ2v) is 8.74. The first kappa shape index (κ1) is 20.8. The quantitative estimate of drug-likeness (QED) is 0.647. The SMILES string of the molecule is N#CCCNS(=O)(=O)c1ccc(C(=O)NCC2CCN(c3ccccc3)C2)cc1. The molecule has 0 bridgehead atoms. The van der Waals surface area contributed by atoms with Crippen LogP contribution in [0.5, 0.6) is 0 Å². The van der Waals surface area contributed by atoms with Crippen LogP contribution < -0.4 is 14.9 Å². The third-order valence-corrected chi connectivity index (χ3v) is 6.39. The number of nitriles is 1. The van der Waals surface area contributed by atoms with Crippen molar-refractivity contribution in [3.63, 3.8) is 0 Å². The zero-order valence-corrected chi connectivity index (χ0v) is 16.9. The lowest BCUT2D eigenvalue weighted by atomic mass is 10.1. The highest BCUT2D eigenvalue weighted by Gasteiger charge is 2.23. The van der Waals surface area contributed by atoms with Gasteiger partial charge in [-0.3, -0.25) is 4.79 Å². The van der Waals surface area contributed by atoms with E-state index in [1.807, 2.05) is 24.3 Å². The van der Waals surface area contributed by atoms with Crippen LogP contribution >= 0.6 is 0 Å². The highest BCUT2D eigenvalue weighted by Crippen LogP contribution is 2.23. The van der Waals surface area contributed by atoms with Crippen LogP contribution in [0.25, 0.3) is 0 Å². The normalized spacial score (nSPS) is 16.4. The number of anilines is 1. The van der Waals surface area contributed by atoms with Crippen molar-refractivity contribution in [2.24, 2.45) is 5.92 Å². The average molecular weight is 413 g/mol. The first-order valence-corrected chi connectivity index (χ1v) is 11.0. The smallest absolute Gasteiger partial charge is 0.251 e. The fourth-order valence-corrected chi connectivity index (χ4v) is 4.35. The Kier molecular flexibility index (Phi) is 6.86. The van der Waals surface area contributed by atoms with E-state index >= 15 is 0 Å². The molecule has 2 aromatic carbocycles. The largest absolute Gasteiger partial charge is 0.371 e. The maximum Gasteiger partial charge on any atom is 0.251 e. The summed E-state index contributed by atoms with van der Waals surface area (Å²) >= 11 is 0. The molecule has 7 nitrogen and oxygen atoms in total. The summed E-state index contributed by atoms with van der Waals surface area (Å²) in [7, 11) is -3.67. The van der Waals surface area contributed by atoms with Gasteiger partial charge in [0.15, 0.2) is 0 Å². The third-order valence-electron chi connectivity index (χ3n) is 4.91. The van der Waals surface area contributed by atoms with Crippen molar-refractivity contribution in [2.45, 2.75) is 17.7 Å². The van der Waals surface area contributed by atoms with Gasteiger partial charge < -0.3 is 10.2 Å². The van der Waals surface area contributed by atoms with Crippen molar-refractivity contribution in [1.82, 2.24) is 10.0 Å². The molecule has 1 atom stereocenters. The summed E-state index contributed by atoms with van der Waals surface area (Å²) < 4.78 is 26.6. The van der Waals surface area contributed by atoms with Gasteiger partial charge in [0.1, 0.15) is 0 Å². The number of carbonyl (C=O) groups excluding carboxylic acids is 1. The molecule has 1 heterocycles. The summed E-state index contributed by atoms with van der Waals surface area (Å²) in [5, 5.41) is 11.4.